The maximum atomic E-state index is 14.3. The minimum Gasteiger partial charge on any atom is -0.495 e. The number of nitrogens with one attached hydrogen (secondary N) is 1. The average molecular weight is 391 g/mol. The number of alkyl halides is 1. The van der Waals surface area contributed by atoms with Crippen LogP contribution in [0.1, 0.15) is 28.4 Å². The summed E-state index contributed by atoms with van der Waals surface area (Å²) in [6, 6.07) is 12.5. The monoisotopic (exact) mass is 391 g/mol. The van der Waals surface area contributed by atoms with Crippen LogP contribution in [-0.4, -0.2) is 28.7 Å². The first kappa shape index (κ1) is 18.9. The van der Waals surface area contributed by atoms with E-state index < -0.39 is 12.2 Å². The lowest BCUT2D eigenvalue weighted by Gasteiger charge is -2.15. The van der Waals surface area contributed by atoms with Crippen molar-refractivity contribution in [1.29, 1.82) is 0 Å². The van der Waals surface area contributed by atoms with Crippen LogP contribution in [-0.2, 0) is 11.2 Å². The van der Waals surface area contributed by atoms with E-state index in [2.05, 4.69) is 10.3 Å². The Hall–Kier alpha value is -3.41. The quantitative estimate of drug-likeness (QED) is 0.670. The molecule has 1 heterocycles. The number of halogens is 1. The van der Waals surface area contributed by atoms with Gasteiger partial charge in [-0.05, 0) is 41.8 Å². The number of hydrogen-bond acceptors (Lipinski definition) is 3. The Morgan fingerprint density at radius 2 is 2.14 bits per heavy atom. The summed E-state index contributed by atoms with van der Waals surface area (Å²) in [4.78, 5) is 16.6. The van der Waals surface area contributed by atoms with Crippen LogP contribution in [0.4, 0.5) is 4.39 Å². The third-order valence-corrected chi connectivity index (χ3v) is 5.09. The molecule has 3 aromatic rings. The van der Waals surface area contributed by atoms with Crippen molar-refractivity contribution in [2.24, 2.45) is 0 Å². The molecule has 1 aliphatic rings. The highest BCUT2D eigenvalue weighted by Crippen LogP contribution is 2.33. The Balaban J connectivity index is 1.48. The number of benzene rings is 2. The maximum absolute atomic E-state index is 14.3. The summed E-state index contributed by atoms with van der Waals surface area (Å²) < 4.78 is 21.7. The van der Waals surface area contributed by atoms with Gasteiger partial charge in [0.15, 0.2) is 0 Å². The van der Waals surface area contributed by atoms with Gasteiger partial charge < -0.3 is 14.6 Å². The van der Waals surface area contributed by atoms with Crippen molar-refractivity contribution >= 4 is 12.0 Å². The molecule has 2 atom stereocenters. The SMILES string of the molecule is COc1cc(/C=C/C(=O)N[C@@H]2c3ccccc3C[C@@H]2F)ccc1-n1cnc(C)c1. The van der Waals surface area contributed by atoms with Crippen LogP contribution in [0.15, 0.2) is 61.1 Å². The number of methoxy groups -OCH3 is 1. The molecule has 0 fully saturated rings. The Morgan fingerprint density at radius 3 is 2.90 bits per heavy atom. The highest BCUT2D eigenvalue weighted by atomic mass is 19.1. The number of carbonyl (C=O) groups excluding carboxylic acids is 1. The van der Waals surface area contributed by atoms with Crippen molar-refractivity contribution < 1.29 is 13.9 Å². The molecule has 2 aromatic carbocycles. The van der Waals surface area contributed by atoms with E-state index in [0.29, 0.717) is 12.2 Å². The fraction of sp³-hybridized carbons (Fsp3) is 0.217. The standard InChI is InChI=1S/C23H22FN3O2/c1-15-13-27(14-25-15)20-9-7-16(11-21(20)29-2)8-10-22(28)26-23-18-6-4-3-5-17(18)12-19(23)24/h3-11,13-14,19,23H,12H2,1-2H3,(H,26,28)/b10-8+/t19-,23+/m0/s1. The molecule has 0 saturated carbocycles. The van der Waals surface area contributed by atoms with Gasteiger partial charge >= 0.3 is 0 Å². The molecule has 6 heteroatoms. The number of aryl methyl sites for hydroxylation is 1. The second kappa shape index (κ2) is 7.91. The molecule has 1 aromatic heterocycles. The molecule has 1 amide bonds. The smallest absolute Gasteiger partial charge is 0.244 e. The van der Waals surface area contributed by atoms with Crippen molar-refractivity contribution in [1.82, 2.24) is 14.9 Å². The van der Waals surface area contributed by atoms with Crippen LogP contribution < -0.4 is 10.1 Å². The van der Waals surface area contributed by atoms with E-state index in [1.165, 1.54) is 6.08 Å². The number of rotatable bonds is 5. The van der Waals surface area contributed by atoms with Crippen molar-refractivity contribution in [3.63, 3.8) is 0 Å². The van der Waals surface area contributed by atoms with Crippen LogP contribution in [0.2, 0.25) is 0 Å². The first-order valence-electron chi connectivity index (χ1n) is 9.44. The molecule has 0 bridgehead atoms. The molecule has 1 N–H and O–H groups in total. The molecule has 5 nitrogen and oxygen atoms in total. The van der Waals surface area contributed by atoms with E-state index in [-0.39, 0.29) is 5.91 Å². The van der Waals surface area contributed by atoms with E-state index in [9.17, 15) is 9.18 Å². The second-order valence-corrected chi connectivity index (χ2v) is 7.09. The lowest BCUT2D eigenvalue weighted by molar-refractivity contribution is -0.117. The summed E-state index contributed by atoms with van der Waals surface area (Å²) in [5.74, 6) is 0.334. The van der Waals surface area contributed by atoms with Crippen molar-refractivity contribution in [2.75, 3.05) is 7.11 Å². The summed E-state index contributed by atoms with van der Waals surface area (Å²) in [6.07, 6.45) is 5.97. The number of amides is 1. The molecular formula is C23H22FN3O2. The van der Waals surface area contributed by atoms with Crippen LogP contribution >= 0.6 is 0 Å². The Kier molecular flexibility index (Phi) is 5.16. The Labute approximate surface area is 168 Å². The number of ether oxygens (including phenoxy) is 1. The molecule has 0 spiro atoms. The fourth-order valence-electron chi connectivity index (χ4n) is 3.65. The van der Waals surface area contributed by atoms with Gasteiger partial charge in [0.2, 0.25) is 5.91 Å². The summed E-state index contributed by atoms with van der Waals surface area (Å²) in [7, 11) is 1.60. The van der Waals surface area contributed by atoms with E-state index >= 15 is 0 Å². The lowest BCUT2D eigenvalue weighted by atomic mass is 10.1. The summed E-state index contributed by atoms with van der Waals surface area (Å²) in [5.41, 5.74) is 4.37. The Morgan fingerprint density at radius 1 is 1.31 bits per heavy atom. The molecule has 29 heavy (non-hydrogen) atoms. The van der Waals surface area contributed by atoms with Crippen LogP contribution in [0.5, 0.6) is 5.75 Å². The summed E-state index contributed by atoms with van der Waals surface area (Å²) in [6.45, 7) is 1.92. The first-order valence-corrected chi connectivity index (χ1v) is 9.44. The number of fused-ring (bicyclic) bond motifs is 1. The molecule has 148 valence electrons. The number of carbonyl (C=O) groups is 1. The predicted molar refractivity (Wildman–Crippen MR) is 110 cm³/mol. The molecule has 0 aliphatic heterocycles. The van der Waals surface area contributed by atoms with Gasteiger partial charge in [-0.1, -0.05) is 30.3 Å². The van der Waals surface area contributed by atoms with Crippen molar-refractivity contribution in [3.8, 4) is 11.4 Å². The minimum atomic E-state index is -1.11. The predicted octanol–water partition coefficient (Wildman–Crippen LogP) is 3.95. The van der Waals surface area contributed by atoms with Gasteiger partial charge in [0.25, 0.3) is 0 Å². The fourth-order valence-corrected chi connectivity index (χ4v) is 3.65. The van der Waals surface area contributed by atoms with Gasteiger partial charge in [-0.25, -0.2) is 9.37 Å². The molecular weight excluding hydrogens is 369 g/mol. The zero-order valence-electron chi connectivity index (χ0n) is 16.3. The number of imidazole rings is 1. The van der Waals surface area contributed by atoms with Gasteiger partial charge in [0.05, 0.1) is 30.9 Å². The highest BCUT2D eigenvalue weighted by Gasteiger charge is 2.32. The van der Waals surface area contributed by atoms with Crippen LogP contribution in [0.25, 0.3) is 11.8 Å². The topological polar surface area (TPSA) is 56.1 Å². The lowest BCUT2D eigenvalue weighted by Crippen LogP contribution is -2.30. The third-order valence-electron chi connectivity index (χ3n) is 5.09. The third kappa shape index (κ3) is 3.92. The van der Waals surface area contributed by atoms with E-state index in [4.69, 9.17) is 4.74 Å². The average Bonchev–Trinajstić information content (AvgIpc) is 3.29. The normalized spacial score (nSPS) is 18.0. The van der Waals surface area contributed by atoms with Gasteiger partial charge in [-0.15, -0.1) is 0 Å². The van der Waals surface area contributed by atoms with Crippen molar-refractivity contribution in [2.45, 2.75) is 25.6 Å². The molecule has 0 saturated heterocycles. The highest BCUT2D eigenvalue weighted by molar-refractivity contribution is 5.92. The van der Waals surface area contributed by atoms with E-state index in [0.717, 1.165) is 28.1 Å². The van der Waals surface area contributed by atoms with E-state index in [1.54, 1.807) is 19.5 Å². The molecule has 4 rings (SSSR count). The van der Waals surface area contributed by atoms with Gasteiger partial charge in [0, 0.05) is 18.7 Å². The summed E-state index contributed by atoms with van der Waals surface area (Å²) in [5, 5.41) is 2.78. The molecule has 1 aliphatic carbocycles. The Bertz CT molecular complexity index is 1070. The number of aromatic nitrogens is 2. The van der Waals surface area contributed by atoms with Crippen LogP contribution in [0.3, 0.4) is 0 Å². The van der Waals surface area contributed by atoms with Crippen molar-refractivity contribution in [3.05, 3.63) is 83.4 Å². The number of hydrogen-bond donors (Lipinski definition) is 1. The van der Waals surface area contributed by atoms with E-state index in [1.807, 2.05) is 60.2 Å². The maximum Gasteiger partial charge on any atom is 0.244 e. The largest absolute Gasteiger partial charge is 0.495 e. The first-order chi connectivity index (χ1) is 14.0. The molecule has 0 radical (unpaired) electrons. The van der Waals surface area contributed by atoms with Gasteiger partial charge in [0.1, 0.15) is 11.9 Å². The zero-order valence-corrected chi connectivity index (χ0v) is 16.3. The minimum absolute atomic E-state index is 0.331. The summed E-state index contributed by atoms with van der Waals surface area (Å²) >= 11 is 0. The molecule has 0 unspecified atom stereocenters. The van der Waals surface area contributed by atoms with Crippen LogP contribution in [0, 0.1) is 6.92 Å². The van der Waals surface area contributed by atoms with Gasteiger partial charge in [-0.2, -0.15) is 0 Å². The zero-order chi connectivity index (χ0) is 20.4. The second-order valence-electron chi connectivity index (χ2n) is 7.09. The number of nitrogens with zero attached hydrogens (tertiary/aromatic N) is 2. The van der Waals surface area contributed by atoms with Gasteiger partial charge in [-0.3, -0.25) is 4.79 Å².